The number of likely N-dealkylation sites (N-methyl/N-ethyl adjacent to an activating group) is 1. The first-order chi connectivity index (χ1) is 10.1. The summed E-state index contributed by atoms with van der Waals surface area (Å²) in [5, 5.41) is 7.55. The molecule has 1 heterocycles. The lowest BCUT2D eigenvalue weighted by atomic mass is 10.0. The van der Waals surface area contributed by atoms with Gasteiger partial charge in [0.1, 0.15) is 11.6 Å². The van der Waals surface area contributed by atoms with Crippen molar-refractivity contribution in [2.45, 2.75) is 32.9 Å². The van der Waals surface area contributed by atoms with Gasteiger partial charge in [0.05, 0.1) is 22.4 Å². The minimum atomic E-state index is -0.517. The normalized spacial score (nSPS) is 12.6. The van der Waals surface area contributed by atoms with Crippen LogP contribution < -0.4 is 5.32 Å². The summed E-state index contributed by atoms with van der Waals surface area (Å²) in [5.74, 6) is -1.03. The molecule has 0 amide bonds. The van der Waals surface area contributed by atoms with Gasteiger partial charge in [-0.05, 0) is 48.0 Å². The van der Waals surface area contributed by atoms with Gasteiger partial charge in [0, 0.05) is 12.1 Å². The van der Waals surface area contributed by atoms with E-state index in [-0.39, 0.29) is 18.0 Å². The number of nitrogens with one attached hydrogen (secondary N) is 1. The third-order valence-corrected chi connectivity index (χ3v) is 3.99. The van der Waals surface area contributed by atoms with Gasteiger partial charge in [-0.15, -0.1) is 0 Å². The molecular formula is C15H18BrF2N3. The molecule has 1 N–H and O–H groups in total. The molecule has 0 bridgehead atoms. The molecule has 0 radical (unpaired) electrons. The molecule has 6 heteroatoms. The molecule has 0 saturated heterocycles. The summed E-state index contributed by atoms with van der Waals surface area (Å²) in [6.45, 7) is 5.34. The number of hydrogen-bond acceptors (Lipinski definition) is 2. The van der Waals surface area contributed by atoms with Crippen molar-refractivity contribution in [1.29, 1.82) is 0 Å². The van der Waals surface area contributed by atoms with E-state index in [9.17, 15) is 8.78 Å². The van der Waals surface area contributed by atoms with Crippen LogP contribution in [0.15, 0.2) is 28.9 Å². The summed E-state index contributed by atoms with van der Waals surface area (Å²) < 4.78 is 30.4. The van der Waals surface area contributed by atoms with Crippen LogP contribution in [-0.2, 0) is 13.0 Å². The van der Waals surface area contributed by atoms with Crippen molar-refractivity contribution in [2.24, 2.45) is 0 Å². The van der Waals surface area contributed by atoms with Crippen molar-refractivity contribution in [3.63, 3.8) is 0 Å². The van der Waals surface area contributed by atoms with Gasteiger partial charge in [0.25, 0.3) is 0 Å². The molecule has 0 spiro atoms. The number of nitrogens with zero attached hydrogens (tertiary/aromatic N) is 2. The van der Waals surface area contributed by atoms with Crippen LogP contribution in [0.2, 0.25) is 0 Å². The molecule has 0 aliphatic rings. The molecule has 0 saturated carbocycles. The van der Waals surface area contributed by atoms with Crippen molar-refractivity contribution in [2.75, 3.05) is 6.54 Å². The first-order valence-electron chi connectivity index (χ1n) is 6.95. The van der Waals surface area contributed by atoms with E-state index in [1.807, 2.05) is 18.5 Å². The van der Waals surface area contributed by atoms with Crippen molar-refractivity contribution >= 4 is 15.9 Å². The van der Waals surface area contributed by atoms with Crippen LogP contribution in [0.4, 0.5) is 8.78 Å². The highest BCUT2D eigenvalue weighted by Gasteiger charge is 2.22. The predicted molar refractivity (Wildman–Crippen MR) is 82.1 cm³/mol. The number of rotatable bonds is 6. The fourth-order valence-electron chi connectivity index (χ4n) is 2.41. The van der Waals surface area contributed by atoms with E-state index in [1.165, 1.54) is 18.2 Å². The van der Waals surface area contributed by atoms with Crippen molar-refractivity contribution < 1.29 is 8.78 Å². The summed E-state index contributed by atoms with van der Waals surface area (Å²) in [7, 11) is 0. The van der Waals surface area contributed by atoms with Crippen LogP contribution in [0.1, 0.15) is 31.1 Å². The lowest BCUT2D eigenvalue weighted by Crippen LogP contribution is -2.26. The van der Waals surface area contributed by atoms with Gasteiger partial charge in [0.15, 0.2) is 0 Å². The van der Waals surface area contributed by atoms with Gasteiger partial charge >= 0.3 is 0 Å². The van der Waals surface area contributed by atoms with E-state index in [2.05, 4.69) is 26.3 Å². The maximum atomic E-state index is 13.9. The maximum Gasteiger partial charge on any atom is 0.129 e. The van der Waals surface area contributed by atoms with E-state index < -0.39 is 11.6 Å². The Morgan fingerprint density at radius 2 is 1.95 bits per heavy atom. The third-order valence-electron chi connectivity index (χ3n) is 3.38. The smallest absolute Gasteiger partial charge is 0.129 e. The Labute approximate surface area is 131 Å². The zero-order valence-corrected chi connectivity index (χ0v) is 13.6. The standard InChI is InChI=1S/C15H18BrF2N3/c1-3-19-14(15-11(16)9-20-21(15)4-2)8-10-12(17)6-5-7-13(10)18/h5-7,9,14,19H,3-4,8H2,1-2H3. The van der Waals surface area contributed by atoms with Crippen LogP contribution in [-0.4, -0.2) is 16.3 Å². The molecule has 0 aliphatic heterocycles. The molecule has 0 aliphatic carbocycles. The Balaban J connectivity index is 2.38. The van der Waals surface area contributed by atoms with E-state index in [0.29, 0.717) is 13.1 Å². The third kappa shape index (κ3) is 3.49. The zero-order valence-electron chi connectivity index (χ0n) is 12.0. The van der Waals surface area contributed by atoms with E-state index in [4.69, 9.17) is 0 Å². The monoisotopic (exact) mass is 357 g/mol. The molecule has 1 aromatic carbocycles. The van der Waals surface area contributed by atoms with E-state index in [1.54, 1.807) is 6.20 Å². The number of halogens is 3. The second-order valence-corrected chi connectivity index (χ2v) is 5.56. The average molecular weight is 358 g/mol. The highest BCUT2D eigenvalue weighted by molar-refractivity contribution is 9.10. The van der Waals surface area contributed by atoms with Gasteiger partial charge < -0.3 is 5.32 Å². The first-order valence-corrected chi connectivity index (χ1v) is 7.75. The second-order valence-electron chi connectivity index (χ2n) is 4.71. The molecule has 0 fully saturated rings. The molecule has 2 rings (SSSR count). The minimum Gasteiger partial charge on any atom is -0.309 e. The van der Waals surface area contributed by atoms with Crippen LogP contribution in [0.3, 0.4) is 0 Å². The lowest BCUT2D eigenvalue weighted by Gasteiger charge is -2.20. The Morgan fingerprint density at radius 1 is 1.29 bits per heavy atom. The summed E-state index contributed by atoms with van der Waals surface area (Å²) in [5.41, 5.74) is 1.00. The highest BCUT2D eigenvalue weighted by Crippen LogP contribution is 2.28. The van der Waals surface area contributed by atoms with Gasteiger partial charge in [-0.1, -0.05) is 13.0 Å². The van der Waals surface area contributed by atoms with E-state index >= 15 is 0 Å². The maximum absolute atomic E-state index is 13.9. The number of aromatic nitrogens is 2. The number of hydrogen-bond donors (Lipinski definition) is 1. The topological polar surface area (TPSA) is 29.9 Å². The SMILES string of the molecule is CCNC(Cc1c(F)cccc1F)c1c(Br)cnn1CC. The quantitative estimate of drug-likeness (QED) is 0.851. The predicted octanol–water partition coefficient (Wildman–Crippen LogP) is 3.84. The summed E-state index contributed by atoms with van der Waals surface area (Å²) >= 11 is 3.47. The Bertz CT molecular complexity index is 593. The van der Waals surface area contributed by atoms with Gasteiger partial charge in [0.2, 0.25) is 0 Å². The second kappa shape index (κ2) is 7.13. The van der Waals surface area contributed by atoms with Gasteiger partial charge in [-0.25, -0.2) is 8.78 Å². The van der Waals surface area contributed by atoms with Gasteiger partial charge in [-0.3, -0.25) is 4.68 Å². The van der Waals surface area contributed by atoms with Crippen LogP contribution in [0.5, 0.6) is 0 Å². The average Bonchev–Trinajstić information content (AvgIpc) is 2.83. The molecule has 21 heavy (non-hydrogen) atoms. The Hall–Kier alpha value is -1.27. The van der Waals surface area contributed by atoms with Crippen molar-refractivity contribution in [3.8, 4) is 0 Å². The number of benzene rings is 1. The van der Waals surface area contributed by atoms with Gasteiger partial charge in [-0.2, -0.15) is 5.10 Å². The van der Waals surface area contributed by atoms with Crippen LogP contribution >= 0.6 is 15.9 Å². The molecule has 3 nitrogen and oxygen atoms in total. The Morgan fingerprint density at radius 3 is 2.52 bits per heavy atom. The van der Waals surface area contributed by atoms with Crippen LogP contribution in [0, 0.1) is 11.6 Å². The zero-order chi connectivity index (χ0) is 15.4. The molecule has 2 aromatic rings. The highest BCUT2D eigenvalue weighted by atomic mass is 79.9. The minimum absolute atomic E-state index is 0.0965. The fourth-order valence-corrected chi connectivity index (χ4v) is 2.99. The van der Waals surface area contributed by atoms with Crippen molar-refractivity contribution in [1.82, 2.24) is 15.1 Å². The number of aryl methyl sites for hydroxylation is 1. The molecule has 1 aromatic heterocycles. The first kappa shape index (κ1) is 16.1. The summed E-state index contributed by atoms with van der Waals surface area (Å²) in [6.07, 6.45) is 1.94. The lowest BCUT2D eigenvalue weighted by molar-refractivity contribution is 0.465. The molecule has 114 valence electrons. The van der Waals surface area contributed by atoms with Crippen LogP contribution in [0.25, 0.3) is 0 Å². The largest absolute Gasteiger partial charge is 0.309 e. The Kier molecular flexibility index (Phi) is 5.47. The molecule has 1 unspecified atom stereocenters. The fraction of sp³-hybridized carbons (Fsp3) is 0.400. The molecule has 1 atom stereocenters. The molecular weight excluding hydrogens is 340 g/mol. The van der Waals surface area contributed by atoms with E-state index in [0.717, 1.165) is 10.2 Å². The van der Waals surface area contributed by atoms with Crippen molar-refractivity contribution in [3.05, 3.63) is 51.8 Å². The summed E-state index contributed by atoms with van der Waals surface area (Å²) in [4.78, 5) is 0. The summed E-state index contributed by atoms with van der Waals surface area (Å²) in [6, 6.07) is 3.74.